The van der Waals surface area contributed by atoms with Crippen molar-refractivity contribution in [3.8, 4) is 0 Å². The maximum Gasteiger partial charge on any atom is 0.315 e. The molecule has 7 aliphatic heterocycles. The molecular formula is C63H102N18O18S4. The van der Waals surface area contributed by atoms with Crippen LogP contribution in [0.4, 0.5) is 27.4 Å². The SMILES string of the molecule is O=C(CCCCC1SCC2NC(=O)NC21)NCCCCCC(=O)NC(CC(=O)NCCS(=O)(=O)O)C(=O)NC1CCN(c2nc(N3CCC(NC(=O)C(CC(=O)NCCS(=O)(=O)O)NC(=O)CCCCCNC(=O)CCCCC4SCC5NC(=O)NC54)CC3)nc(N3CCC(C(=O)O)CC3)n2)CC1. The number of carboxylic acid groups (broad SMARTS) is 1. The largest absolute Gasteiger partial charge is 0.481 e. The summed E-state index contributed by atoms with van der Waals surface area (Å²) in [5.74, 6) is -4.24. The summed E-state index contributed by atoms with van der Waals surface area (Å²) >= 11 is 3.66. The van der Waals surface area contributed by atoms with E-state index in [1.54, 1.807) is 0 Å². The first kappa shape index (κ1) is 81.4. The van der Waals surface area contributed by atoms with E-state index in [0.717, 1.165) is 37.2 Å². The molecule has 12 amide bonds. The van der Waals surface area contributed by atoms with E-state index < -0.39 is 129 Å². The van der Waals surface area contributed by atoms with E-state index in [4.69, 9.17) is 15.0 Å². The number of amides is 12. The summed E-state index contributed by atoms with van der Waals surface area (Å²) in [5, 5.41) is 44.0. The van der Waals surface area contributed by atoms with Crippen LogP contribution in [0.2, 0.25) is 0 Å². The Morgan fingerprint density at radius 1 is 0.456 bits per heavy atom. The number of aliphatic carboxylic acids is 1. The Morgan fingerprint density at radius 2 is 0.806 bits per heavy atom. The summed E-state index contributed by atoms with van der Waals surface area (Å²) in [7, 11) is -8.82. The van der Waals surface area contributed by atoms with Crippen molar-refractivity contribution in [2.24, 2.45) is 5.92 Å². The predicted octanol–water partition coefficient (Wildman–Crippen LogP) is -1.09. The number of carboxylic acids is 1. The van der Waals surface area contributed by atoms with Crippen molar-refractivity contribution in [2.45, 2.75) is 213 Å². The number of fused-ring (bicyclic) bond motifs is 2. The predicted molar refractivity (Wildman–Crippen MR) is 382 cm³/mol. The van der Waals surface area contributed by atoms with Gasteiger partial charge in [-0.15, -0.1) is 0 Å². The maximum atomic E-state index is 14.0. The number of unbranched alkanes of at least 4 members (excludes halogenated alkanes) is 6. The number of piperidine rings is 3. The van der Waals surface area contributed by atoms with Gasteiger partial charge in [0.25, 0.3) is 20.2 Å². The van der Waals surface area contributed by atoms with Crippen molar-refractivity contribution < 1.29 is 83.8 Å². The Balaban J connectivity index is 0.793. The van der Waals surface area contributed by atoms with E-state index >= 15 is 0 Å². The molecule has 8 unspecified atom stereocenters. The van der Waals surface area contributed by atoms with Crippen LogP contribution < -0.4 is 78.5 Å². The number of carbonyl (C=O) groups excluding carboxylic acids is 10. The maximum absolute atomic E-state index is 14.0. The molecule has 8 heterocycles. The van der Waals surface area contributed by atoms with Crippen molar-refractivity contribution in [1.82, 2.24) is 78.8 Å². The molecule has 1 aromatic heterocycles. The Morgan fingerprint density at radius 3 is 1.17 bits per heavy atom. The third-order valence-electron chi connectivity index (χ3n) is 19.4. The second kappa shape index (κ2) is 40.3. The number of thioether (sulfide) groups is 2. The fourth-order valence-electron chi connectivity index (χ4n) is 13.6. The Bertz CT molecular complexity index is 3150. The van der Waals surface area contributed by atoms with Gasteiger partial charge in [-0.3, -0.25) is 52.3 Å². The van der Waals surface area contributed by atoms with Crippen molar-refractivity contribution >= 4 is 127 Å². The zero-order chi connectivity index (χ0) is 74.1. The molecule has 103 heavy (non-hydrogen) atoms. The van der Waals surface area contributed by atoms with Crippen LogP contribution in [-0.4, -0.2) is 259 Å². The van der Waals surface area contributed by atoms with Gasteiger partial charge in [-0.25, -0.2) is 9.59 Å². The highest BCUT2D eigenvalue weighted by Crippen LogP contribution is 2.35. The molecule has 36 nitrogen and oxygen atoms in total. The van der Waals surface area contributed by atoms with Gasteiger partial charge in [-0.1, -0.05) is 25.7 Å². The van der Waals surface area contributed by atoms with Gasteiger partial charge in [0.1, 0.15) is 12.1 Å². The number of anilines is 3. The number of nitrogens with one attached hydrogen (secondary N) is 12. The average molecular weight is 1530 g/mol. The van der Waals surface area contributed by atoms with Gasteiger partial charge in [0, 0.05) is 125 Å². The molecule has 576 valence electrons. The van der Waals surface area contributed by atoms with Gasteiger partial charge in [0.05, 0.1) is 54.4 Å². The third-order valence-corrected chi connectivity index (χ3v) is 23.8. The highest BCUT2D eigenvalue weighted by atomic mass is 32.2. The standard InChI is InChI=1S/C63H102N18O18S4/c82-48(13-7-5-11-46-54-44(37-100-46)72-62(92)74-54)64-23-9-1-3-15-50(84)70-42(35-52(86)66-25-33-102(94,95)96)56(88)68-40-19-29-80(30-20-40)60-76-59(79-27-17-39(18-28-79)58(90)91)77-61(78-60)81-31-21-41(22-32-81)69-57(89)43(36-53(87)67-26-34-103(97,98)99)71-51(85)16-4-2-10-24-65-49(83)14-8-6-12-47-55-45(38-101-47)73-63(93)75-55/h39-47,54-55H,1-38H2,(H,64,82)(H,65,83)(H,66,86)(H,67,87)(H,68,88)(H,69,89)(H,70,84)(H,71,85)(H,90,91)(H2,72,74,92)(H2,73,75,93)(H,94,95,96)(H,97,98,99). The zero-order valence-corrected chi connectivity index (χ0v) is 61.3. The number of hydrogen-bond donors (Lipinski definition) is 15. The molecule has 8 atom stereocenters. The molecule has 7 fully saturated rings. The van der Waals surface area contributed by atoms with Crippen molar-refractivity contribution in [3.63, 3.8) is 0 Å². The van der Waals surface area contributed by atoms with Crippen LogP contribution in [0.5, 0.6) is 0 Å². The summed E-state index contributed by atoms with van der Waals surface area (Å²) in [6.45, 7) is 1.98. The Hall–Kier alpha value is -7.30. The normalized spacial score (nSPS) is 22.1. The van der Waals surface area contributed by atoms with Crippen molar-refractivity contribution in [1.29, 1.82) is 0 Å². The molecule has 0 spiro atoms. The first-order valence-corrected chi connectivity index (χ1v) is 41.3. The summed E-state index contributed by atoms with van der Waals surface area (Å²) < 4.78 is 63.8. The van der Waals surface area contributed by atoms with Crippen LogP contribution in [0.15, 0.2) is 0 Å². The number of aromatic nitrogens is 3. The molecule has 0 saturated carbocycles. The number of carbonyl (C=O) groups is 11. The van der Waals surface area contributed by atoms with Gasteiger partial charge in [0.15, 0.2) is 0 Å². The molecule has 0 bridgehead atoms. The van der Waals surface area contributed by atoms with Crippen LogP contribution >= 0.6 is 23.5 Å². The van der Waals surface area contributed by atoms with Crippen molar-refractivity contribution in [3.05, 3.63) is 0 Å². The lowest BCUT2D eigenvalue weighted by Crippen LogP contribution is -2.54. The molecule has 0 aliphatic carbocycles. The smallest absolute Gasteiger partial charge is 0.315 e. The van der Waals surface area contributed by atoms with Gasteiger partial charge in [-0.2, -0.15) is 55.3 Å². The van der Waals surface area contributed by atoms with Gasteiger partial charge in [0.2, 0.25) is 65.1 Å². The number of hydrogen-bond acceptors (Lipinski definition) is 23. The van der Waals surface area contributed by atoms with E-state index in [1.165, 1.54) is 0 Å². The van der Waals surface area contributed by atoms with Gasteiger partial charge >= 0.3 is 18.0 Å². The first-order chi connectivity index (χ1) is 49.2. The lowest BCUT2D eigenvalue weighted by Gasteiger charge is -2.36. The minimum atomic E-state index is -4.41. The van der Waals surface area contributed by atoms with E-state index in [-0.39, 0.29) is 60.9 Å². The second-order valence-corrected chi connectivity index (χ2v) is 33.0. The summed E-state index contributed by atoms with van der Waals surface area (Å²) in [4.78, 5) is 161. The zero-order valence-electron chi connectivity index (χ0n) is 58.0. The molecule has 1 aromatic rings. The topological polar surface area (TPSA) is 509 Å². The van der Waals surface area contributed by atoms with Crippen LogP contribution in [0.25, 0.3) is 0 Å². The number of nitrogens with zero attached hydrogens (tertiary/aromatic N) is 6. The van der Waals surface area contributed by atoms with E-state index in [0.29, 0.717) is 183 Å². The Kier molecular flexibility index (Phi) is 31.8. The minimum absolute atomic E-state index is 0.0105. The minimum Gasteiger partial charge on any atom is -0.481 e. The number of urea groups is 2. The van der Waals surface area contributed by atoms with Gasteiger partial charge < -0.3 is 83.6 Å². The highest BCUT2D eigenvalue weighted by molar-refractivity contribution is 8.00. The Labute approximate surface area is 608 Å². The van der Waals surface area contributed by atoms with Gasteiger partial charge in [-0.05, 0) is 89.9 Å². The molecule has 0 aromatic carbocycles. The molecule has 8 rings (SSSR count). The summed E-state index contributed by atoms with van der Waals surface area (Å²) in [5.41, 5.74) is 0. The lowest BCUT2D eigenvalue weighted by molar-refractivity contribution is -0.142. The first-order valence-electron chi connectivity index (χ1n) is 36.0. The summed E-state index contributed by atoms with van der Waals surface area (Å²) in [6, 6.07) is -3.33. The highest BCUT2D eigenvalue weighted by Gasteiger charge is 2.44. The van der Waals surface area contributed by atoms with E-state index in [1.807, 2.05) is 38.2 Å². The van der Waals surface area contributed by atoms with Crippen LogP contribution in [0.1, 0.15) is 154 Å². The molecule has 40 heteroatoms. The molecule has 7 saturated heterocycles. The monoisotopic (exact) mass is 1530 g/mol. The quantitative estimate of drug-likeness (QED) is 0.0210. The average Bonchev–Trinajstić information content (AvgIpc) is 1.64. The second-order valence-electron chi connectivity index (χ2n) is 27.4. The van der Waals surface area contributed by atoms with Crippen molar-refractivity contribution in [2.75, 3.05) is 103 Å². The molecule has 7 aliphatic rings. The molecule has 0 radical (unpaired) electrons. The van der Waals surface area contributed by atoms with E-state index in [2.05, 4.69) is 63.8 Å². The van der Waals surface area contributed by atoms with Crippen LogP contribution in [-0.2, 0) is 63.4 Å². The van der Waals surface area contributed by atoms with Crippen LogP contribution in [0, 0.1) is 5.92 Å². The summed E-state index contributed by atoms with van der Waals surface area (Å²) in [6.07, 6.45) is 10.0. The fraction of sp³-hybridized carbons (Fsp3) is 0.778. The fourth-order valence-corrected chi connectivity index (χ4v) is 17.4. The van der Waals surface area contributed by atoms with E-state index in [9.17, 15) is 83.8 Å². The van der Waals surface area contributed by atoms with Crippen LogP contribution in [0.3, 0.4) is 0 Å². The third kappa shape index (κ3) is 27.9. The molecular weight excluding hydrogens is 1430 g/mol. The lowest BCUT2D eigenvalue weighted by atomic mass is 9.97. The number of rotatable bonds is 42. The molecule has 15 N–H and O–H groups in total.